The number of amides is 2. The summed E-state index contributed by atoms with van der Waals surface area (Å²) in [6.45, 7) is 2.59. The van der Waals surface area contributed by atoms with Crippen LogP contribution in [0, 0.1) is 5.41 Å². The fourth-order valence-corrected chi connectivity index (χ4v) is 3.02. The Hall–Kier alpha value is -3.02. The average Bonchev–Trinajstić information content (AvgIpc) is 3.54. The molecule has 1 fully saturated rings. The number of hydrogen-bond donors (Lipinski definition) is 2. The Morgan fingerprint density at radius 1 is 1.00 bits per heavy atom. The lowest BCUT2D eigenvalue weighted by Crippen LogP contribution is -2.44. The van der Waals surface area contributed by atoms with Crippen LogP contribution in [0.4, 0.5) is 0 Å². The van der Waals surface area contributed by atoms with Crippen molar-refractivity contribution in [2.75, 3.05) is 20.3 Å². The molecule has 6 heteroatoms. The van der Waals surface area contributed by atoms with E-state index in [4.69, 9.17) is 9.47 Å². The van der Waals surface area contributed by atoms with Gasteiger partial charge in [-0.3, -0.25) is 9.59 Å². The minimum atomic E-state index is -0.941. The Labute approximate surface area is 165 Å². The van der Waals surface area contributed by atoms with Crippen molar-refractivity contribution in [3.8, 4) is 11.5 Å². The van der Waals surface area contributed by atoms with Crippen LogP contribution in [0.15, 0.2) is 54.6 Å². The molecule has 1 atom stereocenters. The number of rotatable bonds is 9. The number of nitrogens with one attached hydrogen (secondary N) is 2. The zero-order chi connectivity index (χ0) is 20.0. The fraction of sp³-hybridized carbons (Fsp3) is 0.364. The second kappa shape index (κ2) is 8.78. The standard InChI is InChI=1S/C22H26N2O4/c1-16(17-6-4-3-5-7-17)24-21(26)22(12-13-22)20(25)23-14-15-28-19-10-8-18(27-2)9-11-19/h3-11,16H,12-15H2,1-2H3,(H,23,25)(H,24,26). The van der Waals surface area contributed by atoms with Crippen LogP contribution in [0.2, 0.25) is 0 Å². The third-order valence-electron chi connectivity index (χ3n) is 4.98. The molecule has 3 rings (SSSR count). The molecule has 2 aromatic carbocycles. The smallest absolute Gasteiger partial charge is 0.236 e. The van der Waals surface area contributed by atoms with Crippen LogP contribution in [-0.4, -0.2) is 32.1 Å². The van der Waals surface area contributed by atoms with Gasteiger partial charge in [0.15, 0.2) is 0 Å². The first-order chi connectivity index (χ1) is 13.5. The van der Waals surface area contributed by atoms with Crippen molar-refractivity contribution < 1.29 is 19.1 Å². The highest BCUT2D eigenvalue weighted by Gasteiger charge is 2.56. The molecule has 0 radical (unpaired) electrons. The van der Waals surface area contributed by atoms with E-state index in [1.54, 1.807) is 19.2 Å². The van der Waals surface area contributed by atoms with Crippen molar-refractivity contribution in [2.45, 2.75) is 25.8 Å². The highest BCUT2D eigenvalue weighted by molar-refractivity contribution is 6.07. The molecule has 1 saturated carbocycles. The lowest BCUT2D eigenvalue weighted by molar-refractivity contribution is -0.137. The summed E-state index contributed by atoms with van der Waals surface area (Å²) in [5.74, 6) is 1.01. The molecule has 0 spiro atoms. The first-order valence-corrected chi connectivity index (χ1v) is 9.46. The van der Waals surface area contributed by atoms with Crippen LogP contribution in [0.25, 0.3) is 0 Å². The topological polar surface area (TPSA) is 76.7 Å². The number of methoxy groups -OCH3 is 1. The van der Waals surface area contributed by atoms with Gasteiger partial charge in [0.25, 0.3) is 0 Å². The maximum absolute atomic E-state index is 12.7. The number of carbonyl (C=O) groups is 2. The quantitative estimate of drug-likeness (QED) is 0.516. The number of hydrogen-bond acceptors (Lipinski definition) is 4. The monoisotopic (exact) mass is 382 g/mol. The summed E-state index contributed by atoms with van der Waals surface area (Å²) in [7, 11) is 1.61. The molecule has 6 nitrogen and oxygen atoms in total. The highest BCUT2D eigenvalue weighted by Crippen LogP contribution is 2.46. The predicted molar refractivity (Wildman–Crippen MR) is 106 cm³/mol. The summed E-state index contributed by atoms with van der Waals surface area (Å²) in [5, 5.41) is 5.79. The van der Waals surface area contributed by atoms with Crippen LogP contribution >= 0.6 is 0 Å². The summed E-state index contributed by atoms with van der Waals surface area (Å²) in [5.41, 5.74) is 0.0725. The van der Waals surface area contributed by atoms with E-state index in [0.717, 1.165) is 11.3 Å². The second-order valence-corrected chi connectivity index (χ2v) is 6.97. The van der Waals surface area contributed by atoms with Crippen molar-refractivity contribution in [1.82, 2.24) is 10.6 Å². The van der Waals surface area contributed by atoms with E-state index < -0.39 is 5.41 Å². The maximum atomic E-state index is 12.7. The van der Waals surface area contributed by atoms with E-state index in [9.17, 15) is 9.59 Å². The number of carbonyl (C=O) groups excluding carboxylic acids is 2. The average molecular weight is 382 g/mol. The van der Waals surface area contributed by atoms with E-state index in [2.05, 4.69) is 10.6 Å². The predicted octanol–water partition coefficient (Wildman–Crippen LogP) is 2.85. The zero-order valence-corrected chi connectivity index (χ0v) is 16.2. The second-order valence-electron chi connectivity index (χ2n) is 6.97. The Balaban J connectivity index is 1.44. The van der Waals surface area contributed by atoms with Crippen molar-refractivity contribution in [3.63, 3.8) is 0 Å². The third-order valence-corrected chi connectivity index (χ3v) is 4.98. The van der Waals surface area contributed by atoms with Gasteiger partial charge in [0, 0.05) is 0 Å². The Kier molecular flexibility index (Phi) is 6.19. The van der Waals surface area contributed by atoms with Crippen LogP contribution in [0.1, 0.15) is 31.4 Å². The van der Waals surface area contributed by atoms with Gasteiger partial charge in [-0.15, -0.1) is 0 Å². The molecule has 2 amide bonds. The third kappa shape index (κ3) is 4.63. The Morgan fingerprint density at radius 3 is 2.25 bits per heavy atom. The molecule has 0 heterocycles. The van der Waals surface area contributed by atoms with Gasteiger partial charge in [-0.2, -0.15) is 0 Å². The van der Waals surface area contributed by atoms with Gasteiger partial charge in [-0.1, -0.05) is 30.3 Å². The van der Waals surface area contributed by atoms with Gasteiger partial charge >= 0.3 is 0 Å². The molecule has 0 aliphatic heterocycles. The lowest BCUT2D eigenvalue weighted by atomic mass is 10.0. The van der Waals surface area contributed by atoms with Crippen molar-refractivity contribution in [3.05, 3.63) is 60.2 Å². The van der Waals surface area contributed by atoms with E-state index >= 15 is 0 Å². The van der Waals surface area contributed by atoms with Gasteiger partial charge < -0.3 is 20.1 Å². The van der Waals surface area contributed by atoms with Gasteiger partial charge in [0.2, 0.25) is 11.8 Å². The first kappa shape index (κ1) is 19.7. The highest BCUT2D eigenvalue weighted by atomic mass is 16.5. The van der Waals surface area contributed by atoms with Crippen molar-refractivity contribution in [2.24, 2.45) is 5.41 Å². The SMILES string of the molecule is COc1ccc(OCCNC(=O)C2(C(=O)NC(C)c3ccccc3)CC2)cc1. The van der Waals surface area contributed by atoms with Crippen LogP contribution in [-0.2, 0) is 9.59 Å². The normalized spacial score (nSPS) is 15.2. The van der Waals surface area contributed by atoms with Crippen LogP contribution in [0.5, 0.6) is 11.5 Å². The molecule has 1 aliphatic rings. The molecular weight excluding hydrogens is 356 g/mol. The minimum Gasteiger partial charge on any atom is -0.497 e. The van der Waals surface area contributed by atoms with Crippen molar-refractivity contribution >= 4 is 11.8 Å². The van der Waals surface area contributed by atoms with E-state index in [-0.39, 0.29) is 17.9 Å². The van der Waals surface area contributed by atoms with E-state index in [0.29, 0.717) is 31.7 Å². The van der Waals surface area contributed by atoms with E-state index in [1.165, 1.54) is 0 Å². The Bertz CT molecular complexity index is 801. The summed E-state index contributed by atoms with van der Waals surface area (Å²) in [6, 6.07) is 16.8. The molecule has 1 unspecified atom stereocenters. The molecule has 0 bridgehead atoms. The summed E-state index contributed by atoms with van der Waals surface area (Å²) in [4.78, 5) is 25.2. The van der Waals surface area contributed by atoms with E-state index in [1.807, 2.05) is 49.4 Å². The summed E-state index contributed by atoms with van der Waals surface area (Å²) >= 11 is 0. The largest absolute Gasteiger partial charge is 0.497 e. The van der Waals surface area contributed by atoms with Gasteiger partial charge in [-0.05, 0) is 49.6 Å². The molecule has 2 N–H and O–H groups in total. The van der Waals surface area contributed by atoms with Gasteiger partial charge in [-0.25, -0.2) is 0 Å². The molecule has 148 valence electrons. The summed E-state index contributed by atoms with van der Waals surface area (Å²) < 4.78 is 10.7. The van der Waals surface area contributed by atoms with Gasteiger partial charge in [0.1, 0.15) is 23.5 Å². The molecule has 28 heavy (non-hydrogen) atoms. The maximum Gasteiger partial charge on any atom is 0.236 e. The van der Waals surface area contributed by atoms with Crippen LogP contribution < -0.4 is 20.1 Å². The molecule has 0 aromatic heterocycles. The fourth-order valence-electron chi connectivity index (χ4n) is 3.02. The lowest BCUT2D eigenvalue weighted by Gasteiger charge is -2.19. The molecular formula is C22H26N2O4. The van der Waals surface area contributed by atoms with Crippen molar-refractivity contribution in [1.29, 1.82) is 0 Å². The molecule has 1 aliphatic carbocycles. The van der Waals surface area contributed by atoms with Crippen LogP contribution in [0.3, 0.4) is 0 Å². The first-order valence-electron chi connectivity index (χ1n) is 9.46. The van der Waals surface area contributed by atoms with Gasteiger partial charge in [0.05, 0.1) is 19.7 Å². The molecule has 0 saturated heterocycles. The summed E-state index contributed by atoms with van der Waals surface area (Å²) in [6.07, 6.45) is 1.15. The number of benzene rings is 2. The number of ether oxygens (including phenoxy) is 2. The zero-order valence-electron chi connectivity index (χ0n) is 16.2. The Morgan fingerprint density at radius 2 is 1.64 bits per heavy atom. The minimum absolute atomic E-state index is 0.141. The molecule has 2 aromatic rings.